The SMILES string of the molecule is CC(C)Oc1ccc(NCCC2CCNC2)cc1. The van der Waals surface area contributed by atoms with Crippen molar-refractivity contribution in [2.45, 2.75) is 32.8 Å². The van der Waals surface area contributed by atoms with Gasteiger partial charge in [0.15, 0.2) is 0 Å². The van der Waals surface area contributed by atoms with Crippen LogP contribution < -0.4 is 15.4 Å². The molecule has 1 aromatic rings. The Hall–Kier alpha value is -1.22. The van der Waals surface area contributed by atoms with E-state index < -0.39 is 0 Å². The van der Waals surface area contributed by atoms with Gasteiger partial charge in [-0.25, -0.2) is 0 Å². The molecule has 100 valence electrons. The van der Waals surface area contributed by atoms with Crippen LogP contribution in [-0.4, -0.2) is 25.7 Å². The highest BCUT2D eigenvalue weighted by atomic mass is 16.5. The van der Waals surface area contributed by atoms with Gasteiger partial charge in [-0.15, -0.1) is 0 Å². The van der Waals surface area contributed by atoms with E-state index in [2.05, 4.69) is 22.8 Å². The average molecular weight is 248 g/mol. The van der Waals surface area contributed by atoms with E-state index in [9.17, 15) is 0 Å². The quantitative estimate of drug-likeness (QED) is 0.812. The van der Waals surface area contributed by atoms with Crippen LogP contribution in [-0.2, 0) is 0 Å². The van der Waals surface area contributed by atoms with Crippen molar-refractivity contribution in [1.29, 1.82) is 0 Å². The summed E-state index contributed by atoms with van der Waals surface area (Å²) < 4.78 is 5.62. The number of hydrogen-bond acceptors (Lipinski definition) is 3. The fourth-order valence-electron chi connectivity index (χ4n) is 2.30. The van der Waals surface area contributed by atoms with Gasteiger partial charge in [-0.05, 0) is 70.0 Å². The summed E-state index contributed by atoms with van der Waals surface area (Å²) in [5.74, 6) is 1.79. The van der Waals surface area contributed by atoms with E-state index in [0.717, 1.165) is 18.2 Å². The Morgan fingerprint density at radius 3 is 2.72 bits per heavy atom. The maximum absolute atomic E-state index is 5.62. The molecule has 1 fully saturated rings. The van der Waals surface area contributed by atoms with Crippen molar-refractivity contribution in [2.24, 2.45) is 5.92 Å². The molecule has 0 aromatic heterocycles. The molecule has 1 aliphatic rings. The van der Waals surface area contributed by atoms with Crippen LogP contribution in [0.3, 0.4) is 0 Å². The Morgan fingerprint density at radius 1 is 1.33 bits per heavy atom. The Bertz CT molecular complexity index is 342. The first-order valence-corrected chi connectivity index (χ1v) is 6.95. The maximum atomic E-state index is 5.62. The van der Waals surface area contributed by atoms with Gasteiger partial charge in [0, 0.05) is 12.2 Å². The molecule has 1 atom stereocenters. The zero-order chi connectivity index (χ0) is 12.8. The van der Waals surface area contributed by atoms with E-state index in [1.54, 1.807) is 0 Å². The van der Waals surface area contributed by atoms with Gasteiger partial charge in [-0.1, -0.05) is 0 Å². The van der Waals surface area contributed by atoms with Gasteiger partial charge in [0.1, 0.15) is 5.75 Å². The van der Waals surface area contributed by atoms with Gasteiger partial charge in [-0.2, -0.15) is 0 Å². The first-order valence-electron chi connectivity index (χ1n) is 6.95. The lowest BCUT2D eigenvalue weighted by Crippen LogP contribution is -2.12. The van der Waals surface area contributed by atoms with Crippen LogP contribution >= 0.6 is 0 Å². The highest BCUT2D eigenvalue weighted by molar-refractivity contribution is 5.46. The van der Waals surface area contributed by atoms with Crippen molar-refractivity contribution in [3.63, 3.8) is 0 Å². The molecule has 1 aromatic carbocycles. The van der Waals surface area contributed by atoms with Crippen LogP contribution in [0.2, 0.25) is 0 Å². The number of benzene rings is 1. The molecular formula is C15H24N2O. The van der Waals surface area contributed by atoms with Gasteiger partial charge < -0.3 is 15.4 Å². The fourth-order valence-corrected chi connectivity index (χ4v) is 2.30. The minimum absolute atomic E-state index is 0.235. The molecule has 3 heteroatoms. The molecule has 2 N–H and O–H groups in total. The lowest BCUT2D eigenvalue weighted by molar-refractivity contribution is 0.242. The average Bonchev–Trinajstić information content (AvgIpc) is 2.84. The van der Waals surface area contributed by atoms with E-state index in [-0.39, 0.29) is 6.10 Å². The second-order valence-electron chi connectivity index (χ2n) is 5.27. The van der Waals surface area contributed by atoms with E-state index in [4.69, 9.17) is 4.74 Å². The summed E-state index contributed by atoms with van der Waals surface area (Å²) in [5, 5.41) is 6.87. The van der Waals surface area contributed by atoms with E-state index in [1.807, 2.05) is 26.0 Å². The van der Waals surface area contributed by atoms with Gasteiger partial charge >= 0.3 is 0 Å². The fraction of sp³-hybridized carbons (Fsp3) is 0.600. The van der Waals surface area contributed by atoms with Crippen LogP contribution in [0.4, 0.5) is 5.69 Å². The standard InChI is InChI=1S/C15H24N2O/c1-12(2)18-15-5-3-14(4-6-15)17-10-8-13-7-9-16-11-13/h3-6,12-13,16-17H,7-11H2,1-2H3. The second-order valence-corrected chi connectivity index (χ2v) is 5.27. The summed E-state index contributed by atoms with van der Waals surface area (Å²) in [6.07, 6.45) is 2.80. The number of nitrogens with one attached hydrogen (secondary N) is 2. The summed E-state index contributed by atoms with van der Waals surface area (Å²) in [7, 11) is 0. The number of rotatable bonds is 6. The molecular weight excluding hydrogens is 224 g/mol. The minimum Gasteiger partial charge on any atom is -0.491 e. The van der Waals surface area contributed by atoms with Gasteiger partial charge in [0.25, 0.3) is 0 Å². The van der Waals surface area contributed by atoms with Crippen molar-refractivity contribution in [3.05, 3.63) is 24.3 Å². The van der Waals surface area contributed by atoms with Crippen molar-refractivity contribution >= 4 is 5.69 Å². The number of anilines is 1. The van der Waals surface area contributed by atoms with Crippen LogP contribution in [0.15, 0.2) is 24.3 Å². The Labute approximate surface area is 110 Å². The Balaban J connectivity index is 1.72. The highest BCUT2D eigenvalue weighted by Crippen LogP contribution is 2.18. The van der Waals surface area contributed by atoms with Crippen molar-refractivity contribution < 1.29 is 4.74 Å². The molecule has 1 heterocycles. The number of ether oxygens (including phenoxy) is 1. The van der Waals surface area contributed by atoms with Gasteiger partial charge in [0.05, 0.1) is 6.10 Å². The third-order valence-electron chi connectivity index (χ3n) is 3.27. The molecule has 18 heavy (non-hydrogen) atoms. The van der Waals surface area contributed by atoms with Crippen molar-refractivity contribution in [3.8, 4) is 5.75 Å². The highest BCUT2D eigenvalue weighted by Gasteiger charge is 2.13. The molecule has 1 saturated heterocycles. The summed E-state index contributed by atoms with van der Waals surface area (Å²) >= 11 is 0. The smallest absolute Gasteiger partial charge is 0.119 e. The summed E-state index contributed by atoms with van der Waals surface area (Å²) in [5.41, 5.74) is 1.18. The summed E-state index contributed by atoms with van der Waals surface area (Å²) in [4.78, 5) is 0. The minimum atomic E-state index is 0.235. The van der Waals surface area contributed by atoms with E-state index in [0.29, 0.717) is 0 Å². The van der Waals surface area contributed by atoms with Gasteiger partial charge in [-0.3, -0.25) is 0 Å². The van der Waals surface area contributed by atoms with Crippen LogP contribution in [0.25, 0.3) is 0 Å². The molecule has 0 aliphatic carbocycles. The monoisotopic (exact) mass is 248 g/mol. The summed E-state index contributed by atoms with van der Waals surface area (Å²) in [6, 6.07) is 8.23. The van der Waals surface area contributed by atoms with Crippen LogP contribution in [0.1, 0.15) is 26.7 Å². The second kappa shape index (κ2) is 6.64. The molecule has 2 rings (SSSR count). The maximum Gasteiger partial charge on any atom is 0.119 e. The van der Waals surface area contributed by atoms with Gasteiger partial charge in [0.2, 0.25) is 0 Å². The Kier molecular flexibility index (Phi) is 4.88. The predicted octanol–water partition coefficient (Wildman–Crippen LogP) is 2.89. The van der Waals surface area contributed by atoms with Crippen LogP contribution in [0, 0.1) is 5.92 Å². The lowest BCUT2D eigenvalue weighted by atomic mass is 10.1. The third kappa shape index (κ3) is 4.22. The topological polar surface area (TPSA) is 33.3 Å². The molecule has 3 nitrogen and oxygen atoms in total. The largest absolute Gasteiger partial charge is 0.491 e. The molecule has 0 radical (unpaired) electrons. The predicted molar refractivity (Wildman–Crippen MR) is 76.3 cm³/mol. The third-order valence-corrected chi connectivity index (χ3v) is 3.27. The lowest BCUT2D eigenvalue weighted by Gasteiger charge is -2.12. The van der Waals surface area contributed by atoms with Crippen molar-refractivity contribution in [2.75, 3.05) is 25.0 Å². The Morgan fingerprint density at radius 2 is 2.11 bits per heavy atom. The first kappa shape index (κ1) is 13.2. The molecule has 0 spiro atoms. The van der Waals surface area contributed by atoms with E-state index in [1.165, 1.54) is 31.6 Å². The zero-order valence-corrected chi connectivity index (χ0v) is 11.4. The molecule has 0 amide bonds. The molecule has 1 aliphatic heterocycles. The molecule has 0 bridgehead atoms. The summed E-state index contributed by atoms with van der Waals surface area (Å²) in [6.45, 7) is 7.51. The van der Waals surface area contributed by atoms with Crippen LogP contribution in [0.5, 0.6) is 5.75 Å². The normalized spacial score (nSPS) is 19.2. The van der Waals surface area contributed by atoms with Crippen molar-refractivity contribution in [1.82, 2.24) is 5.32 Å². The van der Waals surface area contributed by atoms with E-state index >= 15 is 0 Å². The number of hydrogen-bond donors (Lipinski definition) is 2. The first-order chi connectivity index (χ1) is 8.74. The zero-order valence-electron chi connectivity index (χ0n) is 11.4. The molecule has 1 unspecified atom stereocenters. The molecule has 0 saturated carbocycles.